The summed E-state index contributed by atoms with van der Waals surface area (Å²) in [7, 11) is 0. The molecule has 1 aliphatic rings. The molecule has 0 radical (unpaired) electrons. The molecule has 0 saturated heterocycles. The van der Waals surface area contributed by atoms with Crippen LogP contribution in [0.25, 0.3) is 0 Å². The highest BCUT2D eigenvalue weighted by Crippen LogP contribution is 2.39. The lowest BCUT2D eigenvalue weighted by Crippen LogP contribution is -2.35. The first-order valence-corrected chi connectivity index (χ1v) is 7.66. The van der Waals surface area contributed by atoms with Crippen molar-refractivity contribution in [3.8, 4) is 0 Å². The lowest BCUT2D eigenvalue weighted by atomic mass is 9.78. The van der Waals surface area contributed by atoms with Gasteiger partial charge in [0.15, 0.2) is 0 Å². The number of thiophene rings is 1. The predicted octanol–water partition coefficient (Wildman–Crippen LogP) is 3.64. The molecule has 0 aliphatic heterocycles. The maximum atomic E-state index is 5.81. The van der Waals surface area contributed by atoms with Gasteiger partial charge in [0.1, 0.15) is 0 Å². The molecule has 1 unspecified atom stereocenters. The van der Waals surface area contributed by atoms with Gasteiger partial charge in [-0.25, -0.2) is 0 Å². The minimum Gasteiger partial charge on any atom is -0.271 e. The molecule has 1 atom stereocenters. The van der Waals surface area contributed by atoms with Gasteiger partial charge in [-0.1, -0.05) is 26.7 Å². The molecule has 3 heteroatoms. The number of hydrogen-bond acceptors (Lipinski definition) is 3. The molecule has 1 fully saturated rings. The third kappa shape index (κ3) is 2.90. The molecular weight excluding hydrogens is 228 g/mol. The molecule has 0 aromatic carbocycles. The Bertz CT molecular complexity index is 340. The third-order valence-corrected chi connectivity index (χ3v) is 5.20. The van der Waals surface area contributed by atoms with Crippen LogP contribution in [0.2, 0.25) is 0 Å². The van der Waals surface area contributed by atoms with E-state index in [1.807, 2.05) is 11.3 Å². The first-order valence-electron chi connectivity index (χ1n) is 6.78. The molecule has 2 nitrogen and oxygen atoms in total. The van der Waals surface area contributed by atoms with E-state index in [-0.39, 0.29) is 0 Å². The first kappa shape index (κ1) is 13.1. The molecule has 17 heavy (non-hydrogen) atoms. The fourth-order valence-electron chi connectivity index (χ4n) is 2.96. The number of rotatable bonds is 4. The number of hydrogen-bond donors (Lipinski definition) is 2. The van der Waals surface area contributed by atoms with E-state index in [4.69, 9.17) is 5.84 Å². The second-order valence-corrected chi connectivity index (χ2v) is 6.28. The summed E-state index contributed by atoms with van der Waals surface area (Å²) in [6.07, 6.45) is 6.46. The van der Waals surface area contributed by atoms with E-state index in [1.165, 1.54) is 36.1 Å². The highest BCUT2D eigenvalue weighted by molar-refractivity contribution is 7.10. The van der Waals surface area contributed by atoms with Crippen LogP contribution in [0.3, 0.4) is 0 Å². The van der Waals surface area contributed by atoms with Crippen LogP contribution in [0.5, 0.6) is 0 Å². The van der Waals surface area contributed by atoms with Crippen LogP contribution in [-0.2, 0) is 6.42 Å². The smallest absolute Gasteiger partial charge is 0.0584 e. The fraction of sp³-hybridized carbons (Fsp3) is 0.714. The average molecular weight is 252 g/mol. The van der Waals surface area contributed by atoms with E-state index >= 15 is 0 Å². The number of aryl methyl sites for hydroxylation is 1. The van der Waals surface area contributed by atoms with Gasteiger partial charge in [-0.2, -0.15) is 0 Å². The van der Waals surface area contributed by atoms with Crippen LogP contribution >= 0.6 is 11.3 Å². The van der Waals surface area contributed by atoms with Crippen molar-refractivity contribution in [2.24, 2.45) is 17.7 Å². The van der Waals surface area contributed by atoms with E-state index in [2.05, 4.69) is 30.7 Å². The van der Waals surface area contributed by atoms with Gasteiger partial charge >= 0.3 is 0 Å². The van der Waals surface area contributed by atoms with E-state index in [0.29, 0.717) is 6.04 Å². The Balaban J connectivity index is 2.10. The third-order valence-electron chi connectivity index (χ3n) is 4.16. The summed E-state index contributed by atoms with van der Waals surface area (Å²) in [5.74, 6) is 7.43. The van der Waals surface area contributed by atoms with Gasteiger partial charge in [0, 0.05) is 4.88 Å². The fourth-order valence-corrected chi connectivity index (χ4v) is 4.11. The van der Waals surface area contributed by atoms with Gasteiger partial charge in [0.2, 0.25) is 0 Å². The molecule has 1 aromatic rings. The summed E-state index contributed by atoms with van der Waals surface area (Å²) < 4.78 is 0. The number of nitrogens with one attached hydrogen (secondary N) is 1. The second-order valence-electron chi connectivity index (χ2n) is 5.33. The van der Waals surface area contributed by atoms with Crippen molar-refractivity contribution in [1.29, 1.82) is 0 Å². The normalized spacial score (nSPS) is 27.0. The van der Waals surface area contributed by atoms with Gasteiger partial charge in [-0.05, 0) is 48.1 Å². The minimum absolute atomic E-state index is 0.373. The second kappa shape index (κ2) is 5.98. The topological polar surface area (TPSA) is 38.0 Å². The Morgan fingerprint density at radius 2 is 2.12 bits per heavy atom. The first-order chi connectivity index (χ1) is 8.26. The van der Waals surface area contributed by atoms with E-state index in [9.17, 15) is 0 Å². The molecule has 1 heterocycles. The van der Waals surface area contributed by atoms with Crippen LogP contribution in [-0.4, -0.2) is 0 Å². The van der Waals surface area contributed by atoms with Crippen molar-refractivity contribution in [3.63, 3.8) is 0 Å². The monoisotopic (exact) mass is 252 g/mol. The highest BCUT2D eigenvalue weighted by atomic mass is 32.1. The minimum atomic E-state index is 0.373. The Morgan fingerprint density at radius 3 is 2.71 bits per heavy atom. The largest absolute Gasteiger partial charge is 0.271 e. The average Bonchev–Trinajstić information content (AvgIpc) is 2.81. The zero-order chi connectivity index (χ0) is 12.3. The molecule has 2 rings (SSSR count). The van der Waals surface area contributed by atoms with Crippen molar-refractivity contribution in [2.45, 2.75) is 52.0 Å². The van der Waals surface area contributed by atoms with E-state index in [1.54, 1.807) is 0 Å². The molecule has 1 saturated carbocycles. The van der Waals surface area contributed by atoms with Crippen LogP contribution in [0.1, 0.15) is 56.0 Å². The van der Waals surface area contributed by atoms with Gasteiger partial charge in [0.05, 0.1) is 6.04 Å². The van der Waals surface area contributed by atoms with Crippen LogP contribution in [0.15, 0.2) is 11.4 Å². The van der Waals surface area contributed by atoms with Gasteiger partial charge < -0.3 is 0 Å². The lowest BCUT2D eigenvalue weighted by Gasteiger charge is -2.32. The van der Waals surface area contributed by atoms with Gasteiger partial charge in [-0.15, -0.1) is 11.3 Å². The summed E-state index contributed by atoms with van der Waals surface area (Å²) in [5.41, 5.74) is 4.54. The SMILES string of the molecule is CCc1ccsc1C(NN)C1CCC(C)CC1. The summed E-state index contributed by atoms with van der Waals surface area (Å²) in [6.45, 7) is 4.59. The van der Waals surface area contributed by atoms with Crippen LogP contribution < -0.4 is 11.3 Å². The van der Waals surface area contributed by atoms with Crippen molar-refractivity contribution < 1.29 is 0 Å². The van der Waals surface area contributed by atoms with Gasteiger partial charge in [-0.3, -0.25) is 11.3 Å². The molecule has 0 spiro atoms. The lowest BCUT2D eigenvalue weighted by molar-refractivity contribution is 0.234. The molecule has 0 amide bonds. The van der Waals surface area contributed by atoms with Crippen LogP contribution in [0.4, 0.5) is 0 Å². The van der Waals surface area contributed by atoms with Crippen LogP contribution in [0, 0.1) is 11.8 Å². The summed E-state index contributed by atoms with van der Waals surface area (Å²) in [5, 5.41) is 2.20. The quantitative estimate of drug-likeness (QED) is 0.634. The van der Waals surface area contributed by atoms with Gasteiger partial charge in [0.25, 0.3) is 0 Å². The van der Waals surface area contributed by atoms with E-state index in [0.717, 1.165) is 18.3 Å². The molecular formula is C14H24N2S. The summed E-state index contributed by atoms with van der Waals surface area (Å²) in [6, 6.07) is 2.62. The van der Waals surface area contributed by atoms with Crippen molar-refractivity contribution in [3.05, 3.63) is 21.9 Å². The molecule has 0 bridgehead atoms. The van der Waals surface area contributed by atoms with E-state index < -0.39 is 0 Å². The Labute approximate surface area is 109 Å². The molecule has 96 valence electrons. The van der Waals surface area contributed by atoms with Crippen molar-refractivity contribution >= 4 is 11.3 Å². The predicted molar refractivity (Wildman–Crippen MR) is 74.9 cm³/mol. The Hall–Kier alpha value is -0.380. The van der Waals surface area contributed by atoms with Crippen molar-refractivity contribution in [2.75, 3.05) is 0 Å². The Kier molecular flexibility index (Phi) is 4.60. The zero-order valence-electron chi connectivity index (χ0n) is 10.9. The number of hydrazine groups is 1. The highest BCUT2D eigenvalue weighted by Gasteiger charge is 2.28. The molecule has 3 N–H and O–H groups in total. The standard InChI is InChI=1S/C14H24N2S/c1-3-11-8-9-17-14(11)13(16-15)12-6-4-10(2)5-7-12/h8-10,12-13,16H,3-7,15H2,1-2H3. The summed E-state index contributed by atoms with van der Waals surface area (Å²) in [4.78, 5) is 1.47. The van der Waals surface area contributed by atoms with Crippen molar-refractivity contribution in [1.82, 2.24) is 5.43 Å². The maximum absolute atomic E-state index is 5.81. The zero-order valence-corrected chi connectivity index (χ0v) is 11.7. The molecule has 1 aliphatic carbocycles. The number of nitrogens with two attached hydrogens (primary N) is 1. The molecule has 1 aromatic heterocycles. The maximum Gasteiger partial charge on any atom is 0.0584 e. The summed E-state index contributed by atoms with van der Waals surface area (Å²) >= 11 is 1.86. The Morgan fingerprint density at radius 1 is 1.41 bits per heavy atom.